The molecule has 2 saturated heterocycles. The number of allylic oxidation sites excluding steroid dienone is 1. The van der Waals surface area contributed by atoms with E-state index in [1.165, 1.54) is 0 Å². The second-order valence-corrected chi connectivity index (χ2v) is 8.22. The molecule has 3 unspecified atom stereocenters. The largest absolute Gasteiger partial charge is 0.338 e. The second-order valence-electron chi connectivity index (χ2n) is 7.51. The van der Waals surface area contributed by atoms with Gasteiger partial charge in [-0.1, -0.05) is 13.8 Å². The number of carbonyl (C=O) groups excluding carboxylic acids is 1. The fourth-order valence-corrected chi connectivity index (χ4v) is 4.78. The first-order valence-electron chi connectivity index (χ1n) is 8.00. The van der Waals surface area contributed by atoms with Crippen molar-refractivity contribution in [3.63, 3.8) is 0 Å². The number of hydrogen-bond acceptors (Lipinski definition) is 4. The predicted octanol–water partition coefficient (Wildman–Crippen LogP) is 2.25. The van der Waals surface area contributed by atoms with Crippen molar-refractivity contribution in [3.05, 3.63) is 23.8 Å². The zero-order chi connectivity index (χ0) is 16.4. The van der Waals surface area contributed by atoms with Crippen LogP contribution in [0.4, 0.5) is 0 Å². The second kappa shape index (κ2) is 4.84. The number of halogens is 1. The quantitative estimate of drug-likeness (QED) is 0.431. The first-order valence-corrected chi connectivity index (χ1v) is 8.79. The van der Waals surface area contributed by atoms with Gasteiger partial charge in [0.25, 0.3) is 0 Å². The topological polar surface area (TPSA) is 71.0 Å². The van der Waals surface area contributed by atoms with E-state index >= 15 is 0 Å². The number of nitrogens with zero attached hydrogens (tertiary/aromatic N) is 4. The lowest BCUT2D eigenvalue weighted by molar-refractivity contribution is -0.746. The third-order valence-electron chi connectivity index (χ3n) is 5.56. The average Bonchev–Trinajstić information content (AvgIpc) is 2.90. The number of piperidine rings is 1. The molecule has 4 rings (SSSR count). The lowest BCUT2D eigenvalue weighted by atomic mass is 9.78. The molecule has 0 aromatic carbocycles. The number of carbonyl (C=O) groups is 1. The van der Waals surface area contributed by atoms with Crippen molar-refractivity contribution in [3.8, 4) is 0 Å². The lowest BCUT2D eigenvalue weighted by Crippen LogP contribution is -2.51. The summed E-state index contributed by atoms with van der Waals surface area (Å²) in [6.07, 6.45) is 7.97. The average molecular weight is 379 g/mol. The van der Waals surface area contributed by atoms with Gasteiger partial charge >= 0.3 is 4.74 Å². The number of hydrogen-bond donors (Lipinski definition) is 1. The number of quaternary nitrogens is 1. The van der Waals surface area contributed by atoms with Gasteiger partial charge in [-0.05, 0) is 18.3 Å². The number of nitrogens with two attached hydrogens (primary N) is 1. The molecule has 6 nitrogen and oxygen atoms in total. The van der Waals surface area contributed by atoms with Crippen molar-refractivity contribution in [1.29, 1.82) is 0 Å². The van der Waals surface area contributed by atoms with Gasteiger partial charge in [-0.3, -0.25) is 9.79 Å². The lowest BCUT2D eigenvalue weighted by Gasteiger charge is -2.39. The van der Waals surface area contributed by atoms with Crippen LogP contribution in [0.1, 0.15) is 33.1 Å². The van der Waals surface area contributed by atoms with E-state index in [2.05, 4.69) is 44.7 Å². The smallest absolute Gasteiger partial charge is 0.301 e. The highest BCUT2D eigenvalue weighted by atomic mass is 79.9. The molecule has 0 aromatic heterocycles. The maximum atomic E-state index is 12.4. The van der Waals surface area contributed by atoms with Crippen molar-refractivity contribution in [2.24, 2.45) is 27.2 Å². The van der Waals surface area contributed by atoms with Gasteiger partial charge in [-0.2, -0.15) is 10.8 Å². The van der Waals surface area contributed by atoms with Gasteiger partial charge in [0, 0.05) is 40.9 Å². The summed E-state index contributed by atoms with van der Waals surface area (Å²) in [5.74, 6) is 6.91. The summed E-state index contributed by atoms with van der Waals surface area (Å²) in [6.45, 7) is 5.12. The van der Waals surface area contributed by atoms with Gasteiger partial charge in [0.1, 0.15) is 11.9 Å². The van der Waals surface area contributed by atoms with E-state index in [0.29, 0.717) is 17.2 Å². The van der Waals surface area contributed by atoms with E-state index in [9.17, 15) is 4.79 Å². The van der Waals surface area contributed by atoms with Crippen molar-refractivity contribution in [2.75, 3.05) is 6.54 Å². The first-order chi connectivity index (χ1) is 10.8. The first kappa shape index (κ1) is 15.2. The molecule has 0 saturated carbocycles. The molecule has 4 aliphatic rings. The van der Waals surface area contributed by atoms with E-state index in [1.54, 1.807) is 12.4 Å². The Balaban J connectivity index is 1.66. The van der Waals surface area contributed by atoms with E-state index in [-0.39, 0.29) is 21.8 Å². The Labute approximate surface area is 144 Å². The third kappa shape index (κ3) is 2.10. The van der Waals surface area contributed by atoms with Crippen LogP contribution in [0.2, 0.25) is 0 Å². The Morgan fingerprint density at radius 1 is 1.43 bits per heavy atom. The van der Waals surface area contributed by atoms with Crippen LogP contribution in [0.3, 0.4) is 0 Å². The molecule has 0 radical (unpaired) electrons. The van der Waals surface area contributed by atoms with Crippen LogP contribution in [0.15, 0.2) is 33.8 Å². The molecule has 2 N–H and O–H groups in total. The molecule has 7 heteroatoms. The Morgan fingerprint density at radius 2 is 2.22 bits per heavy atom. The summed E-state index contributed by atoms with van der Waals surface area (Å²) in [7, 11) is 0. The molecule has 1 amide bonds. The number of aliphatic imine (C=N–C) groups is 2. The minimum Gasteiger partial charge on any atom is -0.338 e. The van der Waals surface area contributed by atoms with Gasteiger partial charge in [-0.15, -0.1) is 4.59 Å². The maximum Gasteiger partial charge on any atom is 0.301 e. The van der Waals surface area contributed by atoms with Crippen LogP contribution in [-0.4, -0.2) is 38.9 Å². The molecular formula is C16H21BrN5O+. The molecule has 2 fully saturated rings. The standard InChI is InChI=1S/C16H21BrN5O/c1-16(2)7-13(23)21-9-10(3-4-12(16)21)14-11-8-19-5-6-22(11,18)15(17)20-14/h5-6,8,10,12H,3-4,7,9,18H2,1-2H3/q+1. The summed E-state index contributed by atoms with van der Waals surface area (Å²) in [5, 5.41) is 0. The highest BCUT2D eigenvalue weighted by Gasteiger charge is 2.51. The Hall–Kier alpha value is -1.31. The molecule has 23 heavy (non-hydrogen) atoms. The summed E-state index contributed by atoms with van der Waals surface area (Å²) in [5.41, 5.74) is 1.93. The van der Waals surface area contributed by atoms with Gasteiger partial charge in [0.2, 0.25) is 11.6 Å². The number of amides is 1. The van der Waals surface area contributed by atoms with Crippen LogP contribution < -0.4 is 5.84 Å². The van der Waals surface area contributed by atoms with E-state index in [1.807, 2.05) is 6.20 Å². The summed E-state index contributed by atoms with van der Waals surface area (Å²) >= 11 is 3.49. The monoisotopic (exact) mass is 378 g/mol. The molecule has 4 aliphatic heterocycles. The Kier molecular flexibility index (Phi) is 3.21. The number of amidine groups is 1. The SMILES string of the molecule is CC1(C)CC(=O)N2CC(C3=C4C=NC=C[N+]4(N)C(Br)=N3)CCC21. The zero-order valence-corrected chi connectivity index (χ0v) is 15.0. The van der Waals surface area contributed by atoms with Gasteiger partial charge in [0.15, 0.2) is 0 Å². The maximum absolute atomic E-state index is 12.4. The predicted molar refractivity (Wildman–Crippen MR) is 92.1 cm³/mol. The van der Waals surface area contributed by atoms with Crippen molar-refractivity contribution in [1.82, 2.24) is 4.90 Å². The highest BCUT2D eigenvalue weighted by molar-refractivity contribution is 9.18. The zero-order valence-electron chi connectivity index (χ0n) is 13.4. The number of rotatable bonds is 1. The molecule has 3 atom stereocenters. The van der Waals surface area contributed by atoms with Crippen LogP contribution in [0.25, 0.3) is 0 Å². The summed E-state index contributed by atoms with van der Waals surface area (Å²) in [6, 6.07) is 0.350. The molecule has 4 heterocycles. The molecule has 122 valence electrons. The Bertz CT molecular complexity index is 707. The Morgan fingerprint density at radius 3 is 3.00 bits per heavy atom. The normalized spacial score (nSPS) is 38.0. The molecule has 0 aliphatic carbocycles. The third-order valence-corrected chi connectivity index (χ3v) is 6.33. The molecular weight excluding hydrogens is 358 g/mol. The van der Waals surface area contributed by atoms with Gasteiger partial charge in [-0.25, -0.2) is 0 Å². The van der Waals surface area contributed by atoms with Crippen LogP contribution in [-0.2, 0) is 4.79 Å². The fraction of sp³-hybridized carbons (Fsp3) is 0.562. The highest BCUT2D eigenvalue weighted by Crippen LogP contribution is 2.46. The van der Waals surface area contributed by atoms with Crippen LogP contribution in [0, 0.1) is 11.3 Å². The fourth-order valence-electron chi connectivity index (χ4n) is 4.28. The summed E-state index contributed by atoms with van der Waals surface area (Å²) < 4.78 is 0.707. The van der Waals surface area contributed by atoms with Gasteiger partial charge in [0.05, 0.1) is 12.4 Å². The van der Waals surface area contributed by atoms with Crippen LogP contribution >= 0.6 is 15.9 Å². The van der Waals surface area contributed by atoms with Crippen molar-refractivity contribution >= 4 is 32.8 Å². The minimum atomic E-state index is 0.0399. The van der Waals surface area contributed by atoms with E-state index in [0.717, 1.165) is 30.8 Å². The van der Waals surface area contributed by atoms with Gasteiger partial charge < -0.3 is 4.90 Å². The van der Waals surface area contributed by atoms with Crippen LogP contribution in [0.5, 0.6) is 0 Å². The number of fused-ring (bicyclic) bond motifs is 2. The molecule has 0 bridgehead atoms. The van der Waals surface area contributed by atoms with Crippen molar-refractivity contribution in [2.45, 2.75) is 39.2 Å². The van der Waals surface area contributed by atoms with E-state index in [4.69, 9.17) is 5.84 Å². The molecule has 0 spiro atoms. The van der Waals surface area contributed by atoms with Crippen molar-refractivity contribution < 1.29 is 9.39 Å². The summed E-state index contributed by atoms with van der Waals surface area (Å²) in [4.78, 5) is 23.4. The molecule has 0 aromatic rings. The minimum absolute atomic E-state index is 0.0399. The van der Waals surface area contributed by atoms with E-state index < -0.39 is 0 Å².